The van der Waals surface area contributed by atoms with Crippen molar-refractivity contribution in [3.05, 3.63) is 35.1 Å². The van der Waals surface area contributed by atoms with Crippen molar-refractivity contribution in [1.82, 2.24) is 15.3 Å². The average Bonchev–Trinajstić information content (AvgIpc) is 3.25. The summed E-state index contributed by atoms with van der Waals surface area (Å²) in [6.07, 6.45) is 8.81. The Morgan fingerprint density at radius 2 is 2.30 bits per heavy atom. The van der Waals surface area contributed by atoms with Gasteiger partial charge in [-0.3, -0.25) is 4.98 Å². The Morgan fingerprint density at radius 1 is 1.40 bits per heavy atom. The Bertz CT molecular complexity index is 546. The molecule has 3 rings (SSSR count). The first-order chi connectivity index (χ1) is 9.88. The zero-order chi connectivity index (χ0) is 13.8. The molecule has 1 fully saturated rings. The lowest BCUT2D eigenvalue weighted by Crippen LogP contribution is -2.14. The predicted octanol–water partition coefficient (Wildman–Crippen LogP) is 3.97. The second-order valence-corrected chi connectivity index (χ2v) is 6.46. The van der Waals surface area contributed by atoms with Gasteiger partial charge in [-0.1, -0.05) is 13.3 Å². The number of unbranched alkanes of at least 4 members (excludes halogenated alkanes) is 1. The predicted molar refractivity (Wildman–Crippen MR) is 83.9 cm³/mol. The lowest BCUT2D eigenvalue weighted by atomic mass is 10.2. The molecule has 106 valence electrons. The van der Waals surface area contributed by atoms with Crippen LogP contribution in [0.3, 0.4) is 0 Å². The Morgan fingerprint density at radius 3 is 3.00 bits per heavy atom. The van der Waals surface area contributed by atoms with Gasteiger partial charge in [0.25, 0.3) is 0 Å². The number of pyridine rings is 1. The van der Waals surface area contributed by atoms with Crippen LogP contribution >= 0.6 is 11.3 Å². The maximum Gasteiger partial charge on any atom is 0.125 e. The maximum absolute atomic E-state index is 4.88. The van der Waals surface area contributed by atoms with E-state index in [1.54, 1.807) is 0 Å². The molecule has 0 aliphatic heterocycles. The molecule has 0 amide bonds. The summed E-state index contributed by atoms with van der Waals surface area (Å²) in [6.45, 7) is 4.29. The SMILES string of the molecule is CCCCNCc1sc(-c2cccnc2)nc1C1CC1. The van der Waals surface area contributed by atoms with E-state index >= 15 is 0 Å². The van der Waals surface area contributed by atoms with E-state index in [0.717, 1.165) is 23.7 Å². The Kier molecular flexibility index (Phi) is 4.43. The van der Waals surface area contributed by atoms with Crippen LogP contribution in [0, 0.1) is 0 Å². The van der Waals surface area contributed by atoms with Crippen LogP contribution in [0.1, 0.15) is 49.1 Å². The number of nitrogens with zero attached hydrogens (tertiary/aromatic N) is 2. The highest BCUT2D eigenvalue weighted by Crippen LogP contribution is 2.44. The number of thiazole rings is 1. The number of rotatable bonds is 7. The zero-order valence-electron chi connectivity index (χ0n) is 11.9. The highest BCUT2D eigenvalue weighted by Gasteiger charge is 2.29. The molecule has 2 aromatic heterocycles. The van der Waals surface area contributed by atoms with Crippen LogP contribution in [0.15, 0.2) is 24.5 Å². The molecular weight excluding hydrogens is 266 g/mol. The standard InChI is InChI=1S/C16H21N3S/c1-2-3-8-18-11-14-15(12-6-7-12)19-16(20-14)13-5-4-9-17-10-13/h4-5,9-10,12,18H,2-3,6-8,11H2,1H3. The Labute approximate surface area is 124 Å². The van der Waals surface area contributed by atoms with Gasteiger partial charge in [0.1, 0.15) is 5.01 Å². The van der Waals surface area contributed by atoms with Gasteiger partial charge in [-0.25, -0.2) is 4.98 Å². The van der Waals surface area contributed by atoms with Crippen molar-refractivity contribution in [2.45, 2.75) is 45.1 Å². The lowest BCUT2D eigenvalue weighted by molar-refractivity contribution is 0.642. The molecule has 2 aromatic rings. The average molecular weight is 287 g/mol. The minimum Gasteiger partial charge on any atom is -0.312 e. The summed E-state index contributed by atoms with van der Waals surface area (Å²) in [4.78, 5) is 10.5. The molecule has 3 nitrogen and oxygen atoms in total. The first kappa shape index (κ1) is 13.7. The Hall–Kier alpha value is -1.26. The van der Waals surface area contributed by atoms with Gasteiger partial charge in [0, 0.05) is 35.3 Å². The van der Waals surface area contributed by atoms with Crippen LogP contribution in [0.5, 0.6) is 0 Å². The van der Waals surface area contributed by atoms with Crippen LogP contribution in [0.2, 0.25) is 0 Å². The van der Waals surface area contributed by atoms with Gasteiger partial charge in [-0.15, -0.1) is 11.3 Å². The molecule has 20 heavy (non-hydrogen) atoms. The minimum absolute atomic E-state index is 0.708. The number of aromatic nitrogens is 2. The van der Waals surface area contributed by atoms with Gasteiger partial charge >= 0.3 is 0 Å². The van der Waals surface area contributed by atoms with Crippen LogP contribution < -0.4 is 5.32 Å². The van der Waals surface area contributed by atoms with Crippen molar-refractivity contribution >= 4 is 11.3 Å². The molecule has 0 saturated heterocycles. The van der Waals surface area contributed by atoms with Crippen molar-refractivity contribution in [2.75, 3.05) is 6.54 Å². The molecule has 0 unspecified atom stereocenters. The van der Waals surface area contributed by atoms with Crippen molar-refractivity contribution in [2.24, 2.45) is 0 Å². The molecular formula is C16H21N3S. The number of hydrogen-bond donors (Lipinski definition) is 1. The van der Waals surface area contributed by atoms with Gasteiger partial charge in [0.05, 0.1) is 5.69 Å². The molecule has 0 radical (unpaired) electrons. The van der Waals surface area contributed by atoms with Gasteiger partial charge in [0.2, 0.25) is 0 Å². The van der Waals surface area contributed by atoms with Gasteiger partial charge < -0.3 is 5.32 Å². The van der Waals surface area contributed by atoms with Crippen molar-refractivity contribution in [3.63, 3.8) is 0 Å². The normalized spacial score (nSPS) is 14.7. The highest BCUT2D eigenvalue weighted by atomic mass is 32.1. The Balaban J connectivity index is 1.76. The molecule has 1 aliphatic rings. The van der Waals surface area contributed by atoms with E-state index in [4.69, 9.17) is 4.98 Å². The van der Waals surface area contributed by atoms with E-state index in [2.05, 4.69) is 23.3 Å². The van der Waals surface area contributed by atoms with Gasteiger partial charge in [-0.2, -0.15) is 0 Å². The molecule has 1 saturated carbocycles. The second kappa shape index (κ2) is 6.46. The number of hydrogen-bond acceptors (Lipinski definition) is 4. The molecule has 0 atom stereocenters. The van der Waals surface area contributed by atoms with Crippen molar-refractivity contribution in [1.29, 1.82) is 0 Å². The van der Waals surface area contributed by atoms with Gasteiger partial charge in [-0.05, 0) is 37.9 Å². The molecule has 1 N–H and O–H groups in total. The van der Waals surface area contributed by atoms with Crippen LogP contribution in [-0.4, -0.2) is 16.5 Å². The summed E-state index contributed by atoms with van der Waals surface area (Å²) in [5, 5.41) is 4.66. The first-order valence-corrected chi connectivity index (χ1v) is 8.31. The lowest BCUT2D eigenvalue weighted by Gasteiger charge is -2.03. The molecule has 0 aromatic carbocycles. The minimum atomic E-state index is 0.708. The van der Waals surface area contributed by atoms with Gasteiger partial charge in [0.15, 0.2) is 0 Å². The topological polar surface area (TPSA) is 37.8 Å². The van der Waals surface area contributed by atoms with Crippen LogP contribution in [-0.2, 0) is 6.54 Å². The van der Waals surface area contributed by atoms with E-state index in [9.17, 15) is 0 Å². The highest BCUT2D eigenvalue weighted by molar-refractivity contribution is 7.15. The fourth-order valence-electron chi connectivity index (χ4n) is 2.28. The third-order valence-corrected chi connectivity index (χ3v) is 4.71. The number of nitrogens with one attached hydrogen (secondary N) is 1. The van der Waals surface area contributed by atoms with Crippen molar-refractivity contribution < 1.29 is 0 Å². The molecule has 1 aliphatic carbocycles. The van der Waals surface area contributed by atoms with E-state index < -0.39 is 0 Å². The largest absolute Gasteiger partial charge is 0.312 e. The molecule has 0 spiro atoms. The third kappa shape index (κ3) is 3.25. The molecule has 4 heteroatoms. The van der Waals surface area contributed by atoms with Crippen molar-refractivity contribution in [3.8, 4) is 10.6 Å². The molecule has 2 heterocycles. The van der Waals surface area contributed by atoms with E-state index in [1.807, 2.05) is 29.8 Å². The van der Waals surface area contributed by atoms with E-state index in [0.29, 0.717) is 5.92 Å². The second-order valence-electron chi connectivity index (χ2n) is 5.37. The third-order valence-electron chi connectivity index (χ3n) is 3.59. The monoisotopic (exact) mass is 287 g/mol. The summed E-state index contributed by atoms with van der Waals surface area (Å²) in [5.74, 6) is 0.708. The van der Waals surface area contributed by atoms with E-state index in [1.165, 1.54) is 36.3 Å². The van der Waals surface area contributed by atoms with Crippen LogP contribution in [0.4, 0.5) is 0 Å². The fraction of sp³-hybridized carbons (Fsp3) is 0.500. The summed E-state index contributed by atoms with van der Waals surface area (Å²) in [7, 11) is 0. The summed E-state index contributed by atoms with van der Waals surface area (Å²) < 4.78 is 0. The molecule has 0 bridgehead atoms. The smallest absolute Gasteiger partial charge is 0.125 e. The summed E-state index contributed by atoms with van der Waals surface area (Å²) in [5.41, 5.74) is 2.47. The van der Waals surface area contributed by atoms with Crippen LogP contribution in [0.25, 0.3) is 10.6 Å². The quantitative estimate of drug-likeness (QED) is 0.783. The van der Waals surface area contributed by atoms with E-state index in [-0.39, 0.29) is 0 Å². The fourth-order valence-corrected chi connectivity index (χ4v) is 3.39. The summed E-state index contributed by atoms with van der Waals surface area (Å²) in [6, 6.07) is 4.07. The maximum atomic E-state index is 4.88. The first-order valence-electron chi connectivity index (χ1n) is 7.49. The summed E-state index contributed by atoms with van der Waals surface area (Å²) >= 11 is 1.83. The zero-order valence-corrected chi connectivity index (χ0v) is 12.7.